The van der Waals surface area contributed by atoms with Gasteiger partial charge in [-0.1, -0.05) is 18.6 Å². The summed E-state index contributed by atoms with van der Waals surface area (Å²) >= 11 is 6.09. The van der Waals surface area contributed by atoms with Gasteiger partial charge in [-0.15, -0.1) is 11.6 Å². The molecule has 2 atom stereocenters. The van der Waals surface area contributed by atoms with Gasteiger partial charge in [-0.2, -0.15) is 13.2 Å². The minimum Gasteiger partial charge on any atom is -0.166 e. The van der Waals surface area contributed by atoms with Crippen molar-refractivity contribution in [3.8, 4) is 0 Å². The van der Waals surface area contributed by atoms with Gasteiger partial charge in [0.1, 0.15) is 0 Å². The Kier molecular flexibility index (Phi) is 3.67. The SMILES string of the molecule is FC(F)(F)c1ccc(C2CCCC(Cl)C2)cc1. The van der Waals surface area contributed by atoms with E-state index >= 15 is 0 Å². The van der Waals surface area contributed by atoms with Crippen molar-refractivity contribution >= 4 is 11.6 Å². The molecule has 0 saturated heterocycles. The molecule has 0 amide bonds. The van der Waals surface area contributed by atoms with Gasteiger partial charge in [0.05, 0.1) is 5.56 Å². The summed E-state index contributed by atoms with van der Waals surface area (Å²) in [6, 6.07) is 5.49. The Balaban J connectivity index is 2.12. The number of alkyl halides is 4. The van der Waals surface area contributed by atoms with Crippen LogP contribution in [0.1, 0.15) is 42.7 Å². The van der Waals surface area contributed by atoms with Crippen LogP contribution in [0, 0.1) is 0 Å². The summed E-state index contributed by atoms with van der Waals surface area (Å²) in [5, 5.41) is 0.163. The van der Waals surface area contributed by atoms with E-state index in [2.05, 4.69) is 0 Å². The summed E-state index contributed by atoms with van der Waals surface area (Å²) in [5.41, 5.74) is 0.392. The second kappa shape index (κ2) is 4.89. The zero-order chi connectivity index (χ0) is 12.5. The van der Waals surface area contributed by atoms with E-state index in [-0.39, 0.29) is 5.38 Å². The van der Waals surface area contributed by atoms with Crippen LogP contribution in [0.3, 0.4) is 0 Å². The highest BCUT2D eigenvalue weighted by atomic mass is 35.5. The number of halogens is 4. The molecule has 1 aromatic carbocycles. The molecular formula is C13H14ClF3. The Labute approximate surface area is 104 Å². The van der Waals surface area contributed by atoms with Gasteiger partial charge < -0.3 is 0 Å². The lowest BCUT2D eigenvalue weighted by atomic mass is 9.83. The van der Waals surface area contributed by atoms with E-state index in [9.17, 15) is 13.2 Å². The van der Waals surface area contributed by atoms with E-state index < -0.39 is 11.7 Å². The molecule has 0 radical (unpaired) electrons. The Morgan fingerprint density at radius 2 is 1.71 bits per heavy atom. The monoisotopic (exact) mass is 262 g/mol. The highest BCUT2D eigenvalue weighted by Crippen LogP contribution is 2.36. The lowest BCUT2D eigenvalue weighted by Crippen LogP contribution is -2.14. The number of rotatable bonds is 1. The molecule has 0 nitrogen and oxygen atoms in total. The summed E-state index contributed by atoms with van der Waals surface area (Å²) < 4.78 is 37.2. The van der Waals surface area contributed by atoms with Crippen LogP contribution in [0.15, 0.2) is 24.3 Å². The molecule has 1 aliphatic carbocycles. The normalized spacial score (nSPS) is 25.9. The van der Waals surface area contributed by atoms with Crippen molar-refractivity contribution in [3.63, 3.8) is 0 Å². The standard InChI is InChI=1S/C13H14ClF3/c14-12-3-1-2-10(8-12)9-4-6-11(7-5-9)13(15,16)17/h4-7,10,12H,1-3,8H2. The molecule has 0 N–H and O–H groups in total. The molecule has 1 saturated carbocycles. The van der Waals surface area contributed by atoms with Crippen LogP contribution in [-0.4, -0.2) is 5.38 Å². The third-order valence-corrected chi connectivity index (χ3v) is 3.72. The average Bonchev–Trinajstić information content (AvgIpc) is 2.28. The molecule has 0 heterocycles. The van der Waals surface area contributed by atoms with Crippen molar-refractivity contribution in [2.45, 2.75) is 43.2 Å². The van der Waals surface area contributed by atoms with Gasteiger partial charge in [0, 0.05) is 5.38 Å². The molecule has 1 aliphatic rings. The van der Waals surface area contributed by atoms with E-state index in [0.29, 0.717) is 5.92 Å². The molecule has 0 spiro atoms. The van der Waals surface area contributed by atoms with Crippen molar-refractivity contribution < 1.29 is 13.2 Å². The number of benzene rings is 1. The van der Waals surface area contributed by atoms with Crippen LogP contribution >= 0.6 is 11.6 Å². The quantitative estimate of drug-likeness (QED) is 0.627. The summed E-state index contributed by atoms with van der Waals surface area (Å²) in [5.74, 6) is 0.313. The van der Waals surface area contributed by atoms with Crippen LogP contribution in [-0.2, 0) is 6.18 Å². The van der Waals surface area contributed by atoms with E-state index in [1.165, 1.54) is 0 Å². The smallest absolute Gasteiger partial charge is 0.166 e. The van der Waals surface area contributed by atoms with Crippen molar-refractivity contribution in [3.05, 3.63) is 35.4 Å². The second-order valence-corrected chi connectivity index (χ2v) is 5.20. The van der Waals surface area contributed by atoms with Crippen molar-refractivity contribution in [2.75, 3.05) is 0 Å². The third-order valence-electron chi connectivity index (χ3n) is 3.32. The first-order valence-corrected chi connectivity index (χ1v) is 6.21. The fraction of sp³-hybridized carbons (Fsp3) is 0.538. The predicted molar refractivity (Wildman–Crippen MR) is 62.3 cm³/mol. The van der Waals surface area contributed by atoms with Crippen molar-refractivity contribution in [2.24, 2.45) is 0 Å². The van der Waals surface area contributed by atoms with Crippen molar-refractivity contribution in [1.82, 2.24) is 0 Å². The Morgan fingerprint density at radius 3 is 2.24 bits per heavy atom. The Morgan fingerprint density at radius 1 is 1.06 bits per heavy atom. The van der Waals surface area contributed by atoms with Gasteiger partial charge in [0.15, 0.2) is 0 Å². The lowest BCUT2D eigenvalue weighted by Gasteiger charge is -2.25. The molecule has 0 bridgehead atoms. The van der Waals surface area contributed by atoms with Gasteiger partial charge in [-0.25, -0.2) is 0 Å². The van der Waals surface area contributed by atoms with Crippen LogP contribution in [0.5, 0.6) is 0 Å². The minimum atomic E-state index is -4.25. The fourth-order valence-electron chi connectivity index (χ4n) is 2.38. The molecule has 0 aliphatic heterocycles. The Bertz CT molecular complexity index is 369. The molecule has 94 valence electrons. The largest absolute Gasteiger partial charge is 0.416 e. The van der Waals surface area contributed by atoms with Crippen LogP contribution < -0.4 is 0 Å². The van der Waals surface area contributed by atoms with Gasteiger partial charge in [-0.3, -0.25) is 0 Å². The minimum absolute atomic E-state index is 0.163. The lowest BCUT2D eigenvalue weighted by molar-refractivity contribution is -0.137. The van der Waals surface area contributed by atoms with Crippen LogP contribution in [0.4, 0.5) is 13.2 Å². The highest BCUT2D eigenvalue weighted by Gasteiger charge is 2.30. The van der Waals surface area contributed by atoms with E-state index in [1.54, 1.807) is 12.1 Å². The molecule has 17 heavy (non-hydrogen) atoms. The number of hydrogen-bond donors (Lipinski definition) is 0. The molecule has 1 aromatic rings. The first-order valence-electron chi connectivity index (χ1n) is 5.78. The summed E-state index contributed by atoms with van der Waals surface area (Å²) in [7, 11) is 0. The third kappa shape index (κ3) is 3.15. The van der Waals surface area contributed by atoms with Gasteiger partial charge in [-0.05, 0) is 42.9 Å². The van der Waals surface area contributed by atoms with E-state index in [1.807, 2.05) is 0 Å². The van der Waals surface area contributed by atoms with Crippen molar-refractivity contribution in [1.29, 1.82) is 0 Å². The topological polar surface area (TPSA) is 0 Å². The molecule has 2 rings (SSSR count). The zero-order valence-electron chi connectivity index (χ0n) is 9.30. The van der Waals surface area contributed by atoms with E-state index in [4.69, 9.17) is 11.6 Å². The maximum absolute atomic E-state index is 12.4. The van der Waals surface area contributed by atoms with E-state index in [0.717, 1.165) is 43.4 Å². The summed E-state index contributed by atoms with van der Waals surface area (Å²) in [6.07, 6.45) is -0.292. The molecule has 4 heteroatoms. The molecule has 0 aromatic heterocycles. The highest BCUT2D eigenvalue weighted by molar-refractivity contribution is 6.20. The van der Waals surface area contributed by atoms with Crippen LogP contribution in [0.2, 0.25) is 0 Å². The van der Waals surface area contributed by atoms with Gasteiger partial charge in [0.2, 0.25) is 0 Å². The van der Waals surface area contributed by atoms with Gasteiger partial charge >= 0.3 is 6.18 Å². The fourth-order valence-corrected chi connectivity index (χ4v) is 2.75. The predicted octanol–water partition coefficient (Wildman–Crippen LogP) is 4.97. The summed E-state index contributed by atoms with van der Waals surface area (Å²) in [4.78, 5) is 0. The first-order chi connectivity index (χ1) is 7.97. The average molecular weight is 263 g/mol. The summed E-state index contributed by atoms with van der Waals surface area (Å²) in [6.45, 7) is 0. The zero-order valence-corrected chi connectivity index (χ0v) is 10.1. The second-order valence-electron chi connectivity index (χ2n) is 4.58. The maximum atomic E-state index is 12.4. The van der Waals surface area contributed by atoms with Gasteiger partial charge in [0.25, 0.3) is 0 Å². The molecule has 1 fully saturated rings. The first kappa shape index (κ1) is 12.7. The van der Waals surface area contributed by atoms with Crippen LogP contribution in [0.25, 0.3) is 0 Å². The Hall–Kier alpha value is -0.700. The molecule has 2 unspecified atom stereocenters. The molecular weight excluding hydrogens is 249 g/mol. The number of hydrogen-bond acceptors (Lipinski definition) is 0. The maximum Gasteiger partial charge on any atom is 0.416 e.